The Labute approximate surface area is 215 Å². The number of thioether (sulfide) groups is 1. The van der Waals surface area contributed by atoms with Gasteiger partial charge < -0.3 is 25.1 Å². The zero-order valence-electron chi connectivity index (χ0n) is 20.1. The molecule has 194 valence electrons. The molecule has 3 heterocycles. The van der Waals surface area contributed by atoms with Crippen molar-refractivity contribution >= 4 is 40.7 Å². The van der Waals surface area contributed by atoms with Crippen molar-refractivity contribution in [1.29, 1.82) is 0 Å². The molecule has 11 heteroatoms. The van der Waals surface area contributed by atoms with E-state index in [-0.39, 0.29) is 40.5 Å². The predicted molar refractivity (Wildman–Crippen MR) is 138 cm³/mol. The molecule has 3 aromatic rings. The highest BCUT2D eigenvalue weighted by atomic mass is 32.2. The summed E-state index contributed by atoms with van der Waals surface area (Å²) in [7, 11) is 0. The molecule has 3 atom stereocenters. The van der Waals surface area contributed by atoms with Gasteiger partial charge >= 0.3 is 5.97 Å². The number of amides is 1. The maximum absolute atomic E-state index is 15.4. The quantitative estimate of drug-likeness (QED) is 0.375. The molecule has 37 heavy (non-hydrogen) atoms. The lowest BCUT2D eigenvalue weighted by molar-refractivity contribution is -0.141. The van der Waals surface area contributed by atoms with E-state index in [1.807, 2.05) is 19.1 Å². The van der Waals surface area contributed by atoms with Crippen LogP contribution >= 0.6 is 11.8 Å². The van der Waals surface area contributed by atoms with Gasteiger partial charge in [-0.15, -0.1) is 0 Å². The van der Waals surface area contributed by atoms with Crippen LogP contribution in [0.15, 0.2) is 44.3 Å². The first-order valence-electron chi connectivity index (χ1n) is 12.1. The number of carboxylic acids is 1. The number of hydrogen-bond donors (Lipinski definition) is 3. The molecule has 2 aromatic carbocycles. The summed E-state index contributed by atoms with van der Waals surface area (Å²) in [5.74, 6) is -0.450. The first kappa shape index (κ1) is 25.1. The number of nitrogens with zero attached hydrogens (tertiary/aromatic N) is 1. The van der Waals surface area contributed by atoms with E-state index in [4.69, 9.17) is 4.42 Å². The lowest BCUT2D eigenvalue weighted by Crippen LogP contribution is -2.41. The summed E-state index contributed by atoms with van der Waals surface area (Å²) in [6.07, 6.45) is 2.74. The van der Waals surface area contributed by atoms with Gasteiger partial charge in [-0.25, -0.2) is 9.18 Å². The van der Waals surface area contributed by atoms with Crippen LogP contribution in [0, 0.1) is 12.7 Å². The van der Waals surface area contributed by atoms with E-state index < -0.39 is 34.6 Å². The van der Waals surface area contributed by atoms with Crippen molar-refractivity contribution in [1.82, 2.24) is 4.90 Å². The number of carbonyl (C=O) groups is 2. The SMILES string of the molecule is Cc1ccc(C(Nc2c(Nc3cccc(C(=O)N4CCCC4C(=O)O)c3F)c(=O)c2=O)[C@@H]2CCCS2)o1. The topological polar surface area (TPSA) is 129 Å². The van der Waals surface area contributed by atoms with Crippen LogP contribution in [0.1, 0.15) is 53.6 Å². The zero-order chi connectivity index (χ0) is 26.3. The van der Waals surface area contributed by atoms with Gasteiger partial charge in [-0.05, 0) is 62.6 Å². The van der Waals surface area contributed by atoms with Crippen LogP contribution < -0.4 is 21.5 Å². The van der Waals surface area contributed by atoms with E-state index >= 15 is 4.39 Å². The van der Waals surface area contributed by atoms with Gasteiger partial charge in [0.25, 0.3) is 16.8 Å². The normalized spacial score (nSPS) is 20.3. The minimum Gasteiger partial charge on any atom is -0.480 e. The van der Waals surface area contributed by atoms with E-state index in [1.165, 1.54) is 18.2 Å². The van der Waals surface area contributed by atoms with Crippen LogP contribution in [0.3, 0.4) is 0 Å². The van der Waals surface area contributed by atoms with Crippen molar-refractivity contribution in [2.24, 2.45) is 0 Å². The number of furan rings is 1. The summed E-state index contributed by atoms with van der Waals surface area (Å²) in [6, 6.07) is 6.36. The number of benzene rings is 1. The summed E-state index contributed by atoms with van der Waals surface area (Å²) in [4.78, 5) is 50.6. The second kappa shape index (κ2) is 10.0. The lowest BCUT2D eigenvalue weighted by atomic mass is 10.0. The molecular formula is C26H26FN3O6S. The summed E-state index contributed by atoms with van der Waals surface area (Å²) >= 11 is 1.75. The molecule has 2 unspecified atom stereocenters. The average Bonchev–Trinajstić information content (AvgIpc) is 3.66. The van der Waals surface area contributed by atoms with Gasteiger partial charge in [0.05, 0.1) is 17.3 Å². The van der Waals surface area contributed by atoms with Crippen molar-refractivity contribution in [2.75, 3.05) is 22.9 Å². The van der Waals surface area contributed by atoms with Gasteiger partial charge in [-0.1, -0.05) is 6.07 Å². The van der Waals surface area contributed by atoms with E-state index in [0.717, 1.165) is 29.3 Å². The summed E-state index contributed by atoms with van der Waals surface area (Å²) in [6.45, 7) is 2.04. The fourth-order valence-electron chi connectivity index (χ4n) is 4.99. The number of hydrogen-bond acceptors (Lipinski definition) is 8. The smallest absolute Gasteiger partial charge is 0.326 e. The number of anilines is 3. The third kappa shape index (κ3) is 4.63. The van der Waals surface area contributed by atoms with E-state index in [0.29, 0.717) is 18.6 Å². The highest BCUT2D eigenvalue weighted by Crippen LogP contribution is 2.39. The van der Waals surface area contributed by atoms with Crippen LogP contribution in [0.5, 0.6) is 0 Å². The Morgan fingerprint density at radius 3 is 2.59 bits per heavy atom. The molecule has 2 aliphatic heterocycles. The number of aliphatic carboxylic acids is 1. The molecule has 0 bridgehead atoms. The van der Waals surface area contributed by atoms with Crippen LogP contribution in [-0.4, -0.2) is 45.5 Å². The van der Waals surface area contributed by atoms with E-state index in [1.54, 1.807) is 11.8 Å². The highest BCUT2D eigenvalue weighted by molar-refractivity contribution is 8.00. The zero-order valence-corrected chi connectivity index (χ0v) is 20.9. The van der Waals surface area contributed by atoms with Gasteiger partial charge in [0.1, 0.15) is 28.9 Å². The van der Waals surface area contributed by atoms with Gasteiger partial charge in [0, 0.05) is 11.8 Å². The Kier molecular flexibility index (Phi) is 6.80. The maximum atomic E-state index is 15.4. The molecule has 1 amide bonds. The molecule has 2 aliphatic rings. The monoisotopic (exact) mass is 527 g/mol. The number of aryl methyl sites for hydroxylation is 1. The molecule has 9 nitrogen and oxygen atoms in total. The molecule has 0 aliphatic carbocycles. The van der Waals surface area contributed by atoms with Gasteiger partial charge in [0.15, 0.2) is 5.82 Å². The molecule has 2 fully saturated rings. The lowest BCUT2D eigenvalue weighted by Gasteiger charge is -2.25. The second-order valence-electron chi connectivity index (χ2n) is 9.32. The van der Waals surface area contributed by atoms with Crippen LogP contribution in [-0.2, 0) is 4.79 Å². The maximum Gasteiger partial charge on any atom is 0.326 e. The largest absolute Gasteiger partial charge is 0.480 e. The third-order valence-electron chi connectivity index (χ3n) is 6.90. The van der Waals surface area contributed by atoms with Crippen LogP contribution in [0.25, 0.3) is 0 Å². The Balaban J connectivity index is 1.42. The summed E-state index contributed by atoms with van der Waals surface area (Å²) < 4.78 is 21.3. The third-order valence-corrected chi connectivity index (χ3v) is 8.36. The number of rotatable bonds is 8. The number of likely N-dealkylation sites (tertiary alicyclic amines) is 1. The van der Waals surface area contributed by atoms with Crippen LogP contribution in [0.4, 0.5) is 21.5 Å². The predicted octanol–water partition coefficient (Wildman–Crippen LogP) is 3.80. The second-order valence-corrected chi connectivity index (χ2v) is 10.7. The fraction of sp³-hybridized carbons (Fsp3) is 0.385. The summed E-state index contributed by atoms with van der Waals surface area (Å²) in [5, 5.41) is 15.4. The van der Waals surface area contributed by atoms with Crippen molar-refractivity contribution < 1.29 is 23.5 Å². The van der Waals surface area contributed by atoms with Crippen molar-refractivity contribution in [3.05, 3.63) is 73.7 Å². The van der Waals surface area contributed by atoms with E-state index in [2.05, 4.69) is 10.6 Å². The molecule has 0 saturated carbocycles. The Morgan fingerprint density at radius 1 is 1.14 bits per heavy atom. The first-order chi connectivity index (χ1) is 17.8. The first-order valence-corrected chi connectivity index (χ1v) is 13.2. The van der Waals surface area contributed by atoms with Crippen molar-refractivity contribution in [2.45, 2.75) is 49.9 Å². The standard InChI is InChI=1S/C26H26FN3O6S/c1-13-9-10-17(36-13)20(18-8-4-12-37-18)29-22-21(23(31)24(22)32)28-15-6-2-5-14(19(15)27)25(33)30-11-3-7-16(30)26(34)35/h2,5-6,9-10,16,18,20,28-29H,3-4,7-8,11-12H2,1H3,(H,34,35)/t16?,18-,20?/m0/s1. The fourth-order valence-corrected chi connectivity index (χ4v) is 6.35. The van der Waals surface area contributed by atoms with Gasteiger partial charge in [-0.2, -0.15) is 11.8 Å². The molecular weight excluding hydrogens is 501 g/mol. The Hall–Kier alpha value is -3.60. The van der Waals surface area contributed by atoms with Crippen molar-refractivity contribution in [3.63, 3.8) is 0 Å². The number of nitrogens with one attached hydrogen (secondary N) is 2. The molecule has 5 rings (SSSR count). The molecule has 1 aromatic heterocycles. The molecule has 2 saturated heterocycles. The number of carbonyl (C=O) groups excluding carboxylic acids is 1. The van der Waals surface area contributed by atoms with Gasteiger partial charge in [0.2, 0.25) is 0 Å². The minimum atomic E-state index is -1.14. The van der Waals surface area contributed by atoms with E-state index in [9.17, 15) is 24.3 Å². The number of carboxylic acid groups (broad SMARTS) is 1. The summed E-state index contributed by atoms with van der Waals surface area (Å²) in [5.41, 5.74) is -2.02. The van der Waals surface area contributed by atoms with Crippen molar-refractivity contribution in [3.8, 4) is 0 Å². The minimum absolute atomic E-state index is 0.0400. The highest BCUT2D eigenvalue weighted by Gasteiger charge is 2.36. The number of halogens is 1. The van der Waals surface area contributed by atoms with Gasteiger partial charge in [-0.3, -0.25) is 14.4 Å². The Morgan fingerprint density at radius 2 is 1.92 bits per heavy atom. The molecule has 3 N–H and O–H groups in total. The average molecular weight is 528 g/mol. The molecule has 0 radical (unpaired) electrons. The molecule has 0 spiro atoms. The Bertz CT molecular complexity index is 1420. The van der Waals surface area contributed by atoms with Crippen LogP contribution in [0.2, 0.25) is 0 Å².